The molecule has 0 unspecified atom stereocenters. The fraction of sp³-hybridized carbons (Fsp3) is 0.571. The van der Waals surface area contributed by atoms with Gasteiger partial charge >= 0.3 is 0 Å². The van der Waals surface area contributed by atoms with Crippen molar-refractivity contribution in [1.29, 1.82) is 0 Å². The Morgan fingerprint density at radius 1 is 1.73 bits per heavy atom. The molecule has 0 aliphatic heterocycles. The average molecular weight is 172 g/mol. The first-order valence-electron chi connectivity index (χ1n) is 3.41. The average Bonchev–Trinajstić information content (AvgIpc) is 2.32. The van der Waals surface area contributed by atoms with E-state index in [9.17, 15) is 5.11 Å². The van der Waals surface area contributed by atoms with E-state index in [2.05, 4.69) is 4.98 Å². The monoisotopic (exact) mass is 172 g/mol. The van der Waals surface area contributed by atoms with Crippen LogP contribution in [0.4, 0.5) is 0 Å². The van der Waals surface area contributed by atoms with Gasteiger partial charge in [0.05, 0.1) is 5.69 Å². The molecule has 0 atom stereocenters. The first-order valence-corrected chi connectivity index (χ1v) is 4.29. The van der Waals surface area contributed by atoms with Gasteiger partial charge in [0.25, 0.3) is 0 Å². The highest BCUT2D eigenvalue weighted by molar-refractivity contribution is 7.09. The topological polar surface area (TPSA) is 59.1 Å². The van der Waals surface area contributed by atoms with E-state index in [1.807, 2.05) is 5.38 Å². The lowest BCUT2D eigenvalue weighted by Crippen LogP contribution is -2.16. The summed E-state index contributed by atoms with van der Waals surface area (Å²) < 4.78 is 0. The minimum atomic E-state index is -0.843. The summed E-state index contributed by atoms with van der Waals surface area (Å²) in [4.78, 5) is 4.14. The Balaban J connectivity index is 2.89. The SMILES string of the molecule is CC(C)(O)c1csc(CN)n1. The number of nitrogens with zero attached hydrogens (tertiary/aromatic N) is 1. The van der Waals surface area contributed by atoms with Gasteiger partial charge in [0, 0.05) is 11.9 Å². The normalized spacial score (nSPS) is 12.0. The second-order valence-corrected chi connectivity index (χ2v) is 3.83. The summed E-state index contributed by atoms with van der Waals surface area (Å²) in [5.74, 6) is 0. The maximum absolute atomic E-state index is 9.50. The van der Waals surface area contributed by atoms with Gasteiger partial charge in [-0.3, -0.25) is 0 Å². The van der Waals surface area contributed by atoms with Gasteiger partial charge in [-0.25, -0.2) is 4.98 Å². The van der Waals surface area contributed by atoms with Gasteiger partial charge in [0.2, 0.25) is 0 Å². The van der Waals surface area contributed by atoms with Crippen molar-refractivity contribution in [2.75, 3.05) is 0 Å². The summed E-state index contributed by atoms with van der Waals surface area (Å²) in [6, 6.07) is 0. The largest absolute Gasteiger partial charge is 0.384 e. The van der Waals surface area contributed by atoms with E-state index in [-0.39, 0.29) is 0 Å². The molecule has 1 aromatic rings. The van der Waals surface area contributed by atoms with E-state index in [0.717, 1.165) is 5.01 Å². The molecule has 4 heteroatoms. The Morgan fingerprint density at radius 3 is 2.64 bits per heavy atom. The standard InChI is InChI=1S/C7H12N2OS/c1-7(2,10)5-4-11-6(3-8)9-5/h4,10H,3,8H2,1-2H3. The second-order valence-electron chi connectivity index (χ2n) is 2.89. The highest BCUT2D eigenvalue weighted by atomic mass is 32.1. The molecule has 0 bridgehead atoms. The molecule has 1 heterocycles. The number of thiazole rings is 1. The fourth-order valence-electron chi connectivity index (χ4n) is 0.686. The van der Waals surface area contributed by atoms with Crippen LogP contribution in [0, 0.1) is 0 Å². The van der Waals surface area contributed by atoms with Gasteiger partial charge in [-0.2, -0.15) is 0 Å². The first-order chi connectivity index (χ1) is 5.04. The van der Waals surface area contributed by atoms with Crippen LogP contribution in [0.15, 0.2) is 5.38 Å². The molecule has 62 valence electrons. The van der Waals surface area contributed by atoms with Crippen molar-refractivity contribution in [3.8, 4) is 0 Å². The van der Waals surface area contributed by atoms with Crippen LogP contribution >= 0.6 is 11.3 Å². The van der Waals surface area contributed by atoms with Crippen LogP contribution in [0.3, 0.4) is 0 Å². The molecule has 3 nitrogen and oxygen atoms in total. The van der Waals surface area contributed by atoms with Crippen LogP contribution in [0.25, 0.3) is 0 Å². The quantitative estimate of drug-likeness (QED) is 0.694. The Bertz CT molecular complexity index is 239. The molecular weight excluding hydrogens is 160 g/mol. The molecule has 0 aliphatic rings. The van der Waals surface area contributed by atoms with Crippen LogP contribution in [-0.2, 0) is 12.1 Å². The smallest absolute Gasteiger partial charge is 0.107 e. The van der Waals surface area contributed by atoms with Crippen molar-refractivity contribution >= 4 is 11.3 Å². The predicted molar refractivity (Wildman–Crippen MR) is 45.3 cm³/mol. The minimum absolute atomic E-state index is 0.445. The predicted octanol–water partition coefficient (Wildman–Crippen LogP) is 0.829. The van der Waals surface area contributed by atoms with Crippen molar-refractivity contribution in [1.82, 2.24) is 4.98 Å². The lowest BCUT2D eigenvalue weighted by atomic mass is 10.1. The molecule has 0 radical (unpaired) electrons. The third kappa shape index (κ3) is 1.99. The van der Waals surface area contributed by atoms with Crippen LogP contribution in [0.1, 0.15) is 24.5 Å². The molecule has 3 N–H and O–H groups in total. The summed E-state index contributed by atoms with van der Waals surface area (Å²) in [6.07, 6.45) is 0. The fourth-order valence-corrected chi connectivity index (χ4v) is 1.52. The Morgan fingerprint density at radius 2 is 2.36 bits per heavy atom. The van der Waals surface area contributed by atoms with Crippen LogP contribution in [0.2, 0.25) is 0 Å². The van der Waals surface area contributed by atoms with Crippen LogP contribution in [0.5, 0.6) is 0 Å². The Labute approximate surface area is 69.9 Å². The zero-order valence-electron chi connectivity index (χ0n) is 6.66. The van der Waals surface area contributed by atoms with Crippen molar-refractivity contribution in [3.63, 3.8) is 0 Å². The summed E-state index contributed by atoms with van der Waals surface area (Å²) in [6.45, 7) is 3.87. The van der Waals surface area contributed by atoms with E-state index in [4.69, 9.17) is 5.73 Å². The van der Waals surface area contributed by atoms with E-state index in [1.165, 1.54) is 11.3 Å². The molecular formula is C7H12N2OS. The Hall–Kier alpha value is -0.450. The zero-order chi connectivity index (χ0) is 8.48. The summed E-state index contributed by atoms with van der Waals surface area (Å²) in [5.41, 5.74) is 5.23. The first kappa shape index (κ1) is 8.64. The number of hydrogen-bond donors (Lipinski definition) is 2. The van der Waals surface area contributed by atoms with Gasteiger partial charge in [-0.05, 0) is 13.8 Å². The maximum atomic E-state index is 9.50. The molecule has 0 spiro atoms. The maximum Gasteiger partial charge on any atom is 0.107 e. The van der Waals surface area contributed by atoms with Crippen molar-refractivity contribution in [2.45, 2.75) is 26.0 Å². The molecule has 0 saturated carbocycles. The Kier molecular flexibility index (Phi) is 2.27. The van der Waals surface area contributed by atoms with Crippen LogP contribution < -0.4 is 5.73 Å². The van der Waals surface area contributed by atoms with Gasteiger partial charge < -0.3 is 10.8 Å². The van der Waals surface area contributed by atoms with E-state index in [0.29, 0.717) is 12.2 Å². The minimum Gasteiger partial charge on any atom is -0.384 e. The molecule has 0 aliphatic carbocycles. The molecule has 1 aromatic heterocycles. The number of rotatable bonds is 2. The van der Waals surface area contributed by atoms with Crippen molar-refractivity contribution in [3.05, 3.63) is 16.1 Å². The van der Waals surface area contributed by atoms with Crippen molar-refractivity contribution < 1.29 is 5.11 Å². The van der Waals surface area contributed by atoms with Gasteiger partial charge in [-0.15, -0.1) is 11.3 Å². The lowest BCUT2D eigenvalue weighted by molar-refractivity contribution is 0.0744. The molecule has 11 heavy (non-hydrogen) atoms. The lowest BCUT2D eigenvalue weighted by Gasteiger charge is -2.12. The number of aromatic nitrogens is 1. The molecule has 0 saturated heterocycles. The molecule has 0 aromatic carbocycles. The van der Waals surface area contributed by atoms with E-state index >= 15 is 0 Å². The summed E-state index contributed by atoms with van der Waals surface area (Å²) in [5, 5.41) is 12.2. The van der Waals surface area contributed by atoms with Crippen molar-refractivity contribution in [2.24, 2.45) is 5.73 Å². The molecule has 0 fully saturated rings. The van der Waals surface area contributed by atoms with E-state index < -0.39 is 5.60 Å². The molecule has 1 rings (SSSR count). The highest BCUT2D eigenvalue weighted by Crippen LogP contribution is 2.21. The third-order valence-electron chi connectivity index (χ3n) is 1.35. The number of aliphatic hydroxyl groups is 1. The summed E-state index contributed by atoms with van der Waals surface area (Å²) in [7, 11) is 0. The summed E-state index contributed by atoms with van der Waals surface area (Å²) >= 11 is 1.48. The van der Waals surface area contributed by atoms with Gasteiger partial charge in [0.1, 0.15) is 10.6 Å². The van der Waals surface area contributed by atoms with Gasteiger partial charge in [0.15, 0.2) is 0 Å². The number of hydrogen-bond acceptors (Lipinski definition) is 4. The van der Waals surface area contributed by atoms with Gasteiger partial charge in [-0.1, -0.05) is 0 Å². The zero-order valence-corrected chi connectivity index (χ0v) is 7.48. The highest BCUT2D eigenvalue weighted by Gasteiger charge is 2.18. The van der Waals surface area contributed by atoms with E-state index in [1.54, 1.807) is 13.8 Å². The molecule has 0 amide bonds. The third-order valence-corrected chi connectivity index (χ3v) is 2.22. The van der Waals surface area contributed by atoms with Crippen LogP contribution in [-0.4, -0.2) is 10.1 Å². The second kappa shape index (κ2) is 2.89. The number of nitrogens with two attached hydrogens (primary N) is 1.